The molecular formula is C8H28N4NiO4. The Morgan fingerprint density at radius 3 is 0.529 bits per heavy atom. The molecule has 0 unspecified atom stereocenters. The minimum atomic E-state index is 0. The molecule has 12 N–H and O–H groups in total. The molecule has 0 atom stereocenters. The van der Waals surface area contributed by atoms with Gasteiger partial charge in [-0.3, -0.25) is 0 Å². The topological polar surface area (TPSA) is 185 Å². The van der Waals surface area contributed by atoms with Gasteiger partial charge in [-0.15, -0.1) is 0 Å². The van der Waals surface area contributed by atoms with Gasteiger partial charge >= 0.3 is 0 Å². The van der Waals surface area contributed by atoms with Crippen molar-refractivity contribution in [2.24, 2.45) is 22.9 Å². The van der Waals surface area contributed by atoms with Crippen LogP contribution in [0.25, 0.3) is 0 Å². The van der Waals surface area contributed by atoms with Crippen LogP contribution in [0.5, 0.6) is 0 Å². The fourth-order valence-corrected chi connectivity index (χ4v) is 0. The van der Waals surface area contributed by atoms with E-state index in [4.69, 9.17) is 43.4 Å². The van der Waals surface area contributed by atoms with Gasteiger partial charge in [0.25, 0.3) is 0 Å². The third kappa shape index (κ3) is 187. The van der Waals surface area contributed by atoms with E-state index in [1.54, 1.807) is 0 Å². The van der Waals surface area contributed by atoms with Crippen LogP contribution in [0.15, 0.2) is 0 Å². The summed E-state index contributed by atoms with van der Waals surface area (Å²) in [5.74, 6) is 0. The summed E-state index contributed by atoms with van der Waals surface area (Å²) < 4.78 is 0. The van der Waals surface area contributed by atoms with Crippen molar-refractivity contribution < 1.29 is 36.9 Å². The summed E-state index contributed by atoms with van der Waals surface area (Å²) in [5, 5.41) is 31.0. The molecule has 114 valence electrons. The molecular weight excluding hydrogens is 275 g/mol. The molecule has 0 rings (SSSR count). The van der Waals surface area contributed by atoms with Crippen LogP contribution in [0.2, 0.25) is 0 Å². The van der Waals surface area contributed by atoms with Crippen LogP contribution in [0.1, 0.15) is 0 Å². The molecule has 0 aromatic carbocycles. The minimum absolute atomic E-state index is 0. The van der Waals surface area contributed by atoms with Crippen LogP contribution in [-0.4, -0.2) is 73.0 Å². The molecule has 17 heavy (non-hydrogen) atoms. The molecule has 0 fully saturated rings. The van der Waals surface area contributed by atoms with Crippen molar-refractivity contribution in [3.05, 3.63) is 0 Å². The van der Waals surface area contributed by atoms with Crippen molar-refractivity contribution >= 4 is 0 Å². The first-order valence-electron chi connectivity index (χ1n) is 4.90. The Hall–Kier alpha value is 0.174. The second-order valence-corrected chi connectivity index (χ2v) is 2.05. The van der Waals surface area contributed by atoms with Crippen molar-refractivity contribution in [1.29, 1.82) is 0 Å². The van der Waals surface area contributed by atoms with E-state index in [1.807, 2.05) is 0 Å². The van der Waals surface area contributed by atoms with Gasteiger partial charge in [-0.05, 0) is 0 Å². The average Bonchev–Trinajstić information content (AvgIpc) is 2.39. The molecule has 0 spiro atoms. The zero-order valence-electron chi connectivity index (χ0n) is 10.1. The Kier molecular flexibility index (Phi) is 99.4. The Morgan fingerprint density at radius 2 is 0.529 bits per heavy atom. The molecule has 0 aromatic rings. The van der Waals surface area contributed by atoms with Crippen LogP contribution in [-0.2, 0) is 16.5 Å². The second-order valence-electron chi connectivity index (χ2n) is 2.05. The summed E-state index contributed by atoms with van der Waals surface area (Å²) in [6.45, 7) is 1.89. The van der Waals surface area contributed by atoms with E-state index in [-0.39, 0.29) is 42.9 Å². The Morgan fingerprint density at radius 1 is 0.471 bits per heavy atom. The van der Waals surface area contributed by atoms with E-state index in [0.29, 0.717) is 26.2 Å². The molecule has 0 radical (unpaired) electrons. The van der Waals surface area contributed by atoms with Crippen LogP contribution in [0.4, 0.5) is 0 Å². The minimum Gasteiger partial charge on any atom is -0.395 e. The van der Waals surface area contributed by atoms with Gasteiger partial charge in [0.2, 0.25) is 0 Å². The summed E-state index contributed by atoms with van der Waals surface area (Å²) >= 11 is 0. The van der Waals surface area contributed by atoms with Crippen LogP contribution >= 0.6 is 0 Å². The monoisotopic (exact) mass is 302 g/mol. The van der Waals surface area contributed by atoms with Crippen molar-refractivity contribution in [1.82, 2.24) is 0 Å². The fourth-order valence-electron chi connectivity index (χ4n) is 0. The Labute approximate surface area is 113 Å². The van der Waals surface area contributed by atoms with E-state index in [9.17, 15) is 0 Å². The molecule has 0 heterocycles. The summed E-state index contributed by atoms with van der Waals surface area (Å²) in [5.41, 5.74) is 19.1. The first-order chi connectivity index (χ1) is 7.66. The first kappa shape index (κ1) is 30.3. The Bertz CT molecular complexity index is 53.5. The van der Waals surface area contributed by atoms with Gasteiger partial charge in [0.05, 0.1) is 26.4 Å². The summed E-state index contributed by atoms with van der Waals surface area (Å²) in [4.78, 5) is 0. The maximum Gasteiger partial charge on any atom is 0.0553 e. The molecule has 9 heteroatoms. The predicted octanol–water partition coefficient (Wildman–Crippen LogP) is -4.25. The third-order valence-electron chi connectivity index (χ3n) is 0.516. The van der Waals surface area contributed by atoms with Gasteiger partial charge in [0, 0.05) is 42.7 Å². The van der Waals surface area contributed by atoms with Gasteiger partial charge in [0.1, 0.15) is 0 Å². The molecule has 0 aliphatic rings. The SMILES string of the molecule is NCCO.NCCO.NCCO.NCCO.[Ni]. The number of hydrogen-bond acceptors (Lipinski definition) is 8. The number of aliphatic hydroxyl groups excluding tert-OH is 4. The van der Waals surface area contributed by atoms with E-state index in [1.165, 1.54) is 0 Å². The zero-order valence-corrected chi connectivity index (χ0v) is 11.1. The molecule has 0 aliphatic heterocycles. The molecule has 0 aromatic heterocycles. The average molecular weight is 303 g/mol. The molecule has 0 aliphatic carbocycles. The molecule has 0 amide bonds. The maximum atomic E-state index is 7.75. The van der Waals surface area contributed by atoms with Gasteiger partial charge in [-0.25, -0.2) is 0 Å². The summed E-state index contributed by atoms with van der Waals surface area (Å²) in [7, 11) is 0. The Balaban J connectivity index is -0.0000000369. The van der Waals surface area contributed by atoms with E-state index in [2.05, 4.69) is 0 Å². The molecule has 0 saturated heterocycles. The van der Waals surface area contributed by atoms with Crippen LogP contribution in [0, 0.1) is 0 Å². The van der Waals surface area contributed by atoms with Gasteiger partial charge in [-0.2, -0.15) is 0 Å². The first-order valence-corrected chi connectivity index (χ1v) is 4.90. The zero-order chi connectivity index (χ0) is 13.7. The van der Waals surface area contributed by atoms with E-state index >= 15 is 0 Å². The second kappa shape index (κ2) is 55.7. The third-order valence-corrected chi connectivity index (χ3v) is 0.516. The van der Waals surface area contributed by atoms with Crippen LogP contribution < -0.4 is 22.9 Å². The van der Waals surface area contributed by atoms with Crippen molar-refractivity contribution in [3.8, 4) is 0 Å². The van der Waals surface area contributed by atoms with Crippen molar-refractivity contribution in [2.45, 2.75) is 0 Å². The van der Waals surface area contributed by atoms with Gasteiger partial charge in [0.15, 0.2) is 0 Å². The van der Waals surface area contributed by atoms with E-state index < -0.39 is 0 Å². The summed E-state index contributed by atoms with van der Waals surface area (Å²) in [6.07, 6.45) is 0. The quantitative estimate of drug-likeness (QED) is 0.240. The molecule has 0 bridgehead atoms. The van der Waals surface area contributed by atoms with Gasteiger partial charge in [-0.1, -0.05) is 0 Å². The number of nitrogens with two attached hydrogens (primary N) is 4. The van der Waals surface area contributed by atoms with Gasteiger partial charge < -0.3 is 43.4 Å². The molecule has 0 saturated carbocycles. The largest absolute Gasteiger partial charge is 0.395 e. The number of aliphatic hydroxyl groups is 4. The smallest absolute Gasteiger partial charge is 0.0553 e. The number of hydrogen-bond donors (Lipinski definition) is 8. The normalized spacial score (nSPS) is 7.06. The van der Waals surface area contributed by atoms with Crippen molar-refractivity contribution in [3.63, 3.8) is 0 Å². The predicted molar refractivity (Wildman–Crippen MR) is 64.6 cm³/mol. The van der Waals surface area contributed by atoms with Crippen molar-refractivity contribution in [2.75, 3.05) is 52.6 Å². The molecule has 8 nitrogen and oxygen atoms in total. The standard InChI is InChI=1S/4C2H7NO.Ni/c4*3-1-2-4;/h4*4H,1-3H2;. The number of rotatable bonds is 4. The fraction of sp³-hybridized carbons (Fsp3) is 1.00. The van der Waals surface area contributed by atoms with Crippen LogP contribution in [0.3, 0.4) is 0 Å². The maximum absolute atomic E-state index is 7.75. The van der Waals surface area contributed by atoms with E-state index in [0.717, 1.165) is 0 Å². The summed E-state index contributed by atoms with van der Waals surface area (Å²) in [6, 6.07) is 0.